The molecule has 64 valence electrons. The first-order valence-corrected chi connectivity index (χ1v) is 4.26. The topological polar surface area (TPSA) is 40.5 Å². The monoisotopic (exact) mass is 156 g/mol. The van der Waals surface area contributed by atoms with Crippen molar-refractivity contribution in [2.24, 2.45) is 0 Å². The van der Waals surface area contributed by atoms with Gasteiger partial charge in [-0.05, 0) is 25.7 Å². The Morgan fingerprint density at radius 1 is 1.36 bits per heavy atom. The maximum absolute atomic E-state index is 9.28. The molecular formula is C9H16O2. The van der Waals surface area contributed by atoms with Crippen molar-refractivity contribution in [2.45, 2.75) is 44.8 Å². The third-order valence-electron chi connectivity index (χ3n) is 2.03. The van der Waals surface area contributed by atoms with E-state index in [2.05, 4.69) is 13.0 Å². The molecule has 1 aliphatic carbocycles. The lowest BCUT2D eigenvalue weighted by atomic mass is 9.90. The summed E-state index contributed by atoms with van der Waals surface area (Å²) in [5.74, 6) is 0. The summed E-state index contributed by atoms with van der Waals surface area (Å²) in [5, 5.41) is 18.6. The van der Waals surface area contributed by atoms with Gasteiger partial charge in [0.05, 0.1) is 12.2 Å². The van der Waals surface area contributed by atoms with Gasteiger partial charge in [0.15, 0.2) is 0 Å². The fraction of sp³-hybridized carbons (Fsp3) is 0.778. The van der Waals surface area contributed by atoms with E-state index >= 15 is 0 Å². The van der Waals surface area contributed by atoms with Crippen molar-refractivity contribution in [1.82, 2.24) is 0 Å². The van der Waals surface area contributed by atoms with E-state index in [1.54, 1.807) is 0 Å². The van der Waals surface area contributed by atoms with Gasteiger partial charge >= 0.3 is 0 Å². The van der Waals surface area contributed by atoms with Crippen molar-refractivity contribution >= 4 is 0 Å². The highest BCUT2D eigenvalue weighted by atomic mass is 16.3. The number of hydrogen-bond donors (Lipinski definition) is 2. The highest BCUT2D eigenvalue weighted by molar-refractivity contribution is 5.08. The molecule has 2 heteroatoms. The smallest absolute Gasteiger partial charge is 0.0602 e. The van der Waals surface area contributed by atoms with E-state index in [-0.39, 0.29) is 12.2 Å². The molecule has 0 aromatic heterocycles. The molecule has 0 spiro atoms. The predicted molar refractivity (Wildman–Crippen MR) is 44.2 cm³/mol. The highest BCUT2D eigenvalue weighted by Crippen LogP contribution is 2.23. The largest absolute Gasteiger partial charge is 0.393 e. The standard InChI is InChI=1S/C9H16O2/c1-2-3-7-4-8(10)6-9(11)5-7/h3,8-11H,2,4-6H2,1H3/b7-3-/t8-,9+/m0/s1. The highest BCUT2D eigenvalue weighted by Gasteiger charge is 2.20. The first-order valence-electron chi connectivity index (χ1n) is 4.26. The Kier molecular flexibility index (Phi) is 3.09. The van der Waals surface area contributed by atoms with Crippen LogP contribution in [0.25, 0.3) is 0 Å². The molecule has 0 aromatic rings. The van der Waals surface area contributed by atoms with Crippen LogP contribution < -0.4 is 0 Å². The van der Waals surface area contributed by atoms with E-state index in [0.29, 0.717) is 6.42 Å². The minimum Gasteiger partial charge on any atom is -0.393 e. The second-order valence-corrected chi connectivity index (χ2v) is 3.22. The lowest BCUT2D eigenvalue weighted by Crippen LogP contribution is -2.24. The van der Waals surface area contributed by atoms with Gasteiger partial charge in [0.25, 0.3) is 0 Å². The molecule has 0 bridgehead atoms. The molecular weight excluding hydrogens is 140 g/mol. The first kappa shape index (κ1) is 8.75. The summed E-state index contributed by atoms with van der Waals surface area (Å²) in [4.78, 5) is 0. The van der Waals surface area contributed by atoms with Crippen LogP contribution in [0.3, 0.4) is 0 Å². The number of aliphatic hydroxyl groups is 2. The van der Waals surface area contributed by atoms with Crippen molar-refractivity contribution in [1.29, 1.82) is 0 Å². The molecule has 0 amide bonds. The van der Waals surface area contributed by atoms with Crippen LogP contribution in [0.1, 0.15) is 32.6 Å². The lowest BCUT2D eigenvalue weighted by molar-refractivity contribution is 0.0608. The lowest BCUT2D eigenvalue weighted by Gasteiger charge is -2.24. The molecule has 0 aliphatic heterocycles. The van der Waals surface area contributed by atoms with E-state index in [1.807, 2.05) is 0 Å². The molecule has 11 heavy (non-hydrogen) atoms. The minimum absolute atomic E-state index is 0.323. The molecule has 0 aromatic carbocycles. The maximum Gasteiger partial charge on any atom is 0.0602 e. The molecule has 0 unspecified atom stereocenters. The summed E-state index contributed by atoms with van der Waals surface area (Å²) in [7, 11) is 0. The third kappa shape index (κ3) is 2.64. The predicted octanol–water partition coefficient (Wildman–Crippen LogP) is 1.23. The molecule has 2 atom stereocenters. The second-order valence-electron chi connectivity index (χ2n) is 3.22. The van der Waals surface area contributed by atoms with E-state index in [1.165, 1.54) is 5.57 Å². The number of allylic oxidation sites excluding steroid dienone is 1. The van der Waals surface area contributed by atoms with Gasteiger partial charge in [-0.1, -0.05) is 18.6 Å². The minimum atomic E-state index is -0.323. The summed E-state index contributed by atoms with van der Waals surface area (Å²) in [6.45, 7) is 2.07. The summed E-state index contributed by atoms with van der Waals surface area (Å²) in [6.07, 6.45) is 4.50. The summed E-state index contributed by atoms with van der Waals surface area (Å²) in [6, 6.07) is 0. The van der Waals surface area contributed by atoms with Crippen LogP contribution in [-0.4, -0.2) is 22.4 Å². The van der Waals surface area contributed by atoms with Crippen LogP contribution >= 0.6 is 0 Å². The van der Waals surface area contributed by atoms with Crippen LogP contribution in [0.4, 0.5) is 0 Å². The maximum atomic E-state index is 9.28. The average molecular weight is 156 g/mol. The fourth-order valence-electron chi connectivity index (χ4n) is 1.62. The fourth-order valence-corrected chi connectivity index (χ4v) is 1.62. The molecule has 1 saturated carbocycles. The van der Waals surface area contributed by atoms with E-state index in [4.69, 9.17) is 0 Å². The van der Waals surface area contributed by atoms with Crippen molar-refractivity contribution in [2.75, 3.05) is 0 Å². The van der Waals surface area contributed by atoms with Crippen LogP contribution in [0, 0.1) is 0 Å². The Morgan fingerprint density at radius 3 is 2.36 bits per heavy atom. The Morgan fingerprint density at radius 2 is 1.91 bits per heavy atom. The average Bonchev–Trinajstić information content (AvgIpc) is 1.85. The first-order chi connectivity index (χ1) is 5.22. The Balaban J connectivity index is 2.49. The Bertz CT molecular complexity index is 140. The number of hydrogen-bond acceptors (Lipinski definition) is 2. The van der Waals surface area contributed by atoms with Gasteiger partial charge in [0.2, 0.25) is 0 Å². The van der Waals surface area contributed by atoms with Crippen LogP contribution in [0.15, 0.2) is 11.6 Å². The molecule has 1 aliphatic rings. The van der Waals surface area contributed by atoms with Crippen molar-refractivity contribution in [3.8, 4) is 0 Å². The SMILES string of the molecule is CC/C=C1\C[C@@H](O)C[C@@H](O)C1. The number of rotatable bonds is 1. The van der Waals surface area contributed by atoms with Gasteiger partial charge in [-0.2, -0.15) is 0 Å². The zero-order valence-electron chi connectivity index (χ0n) is 6.95. The van der Waals surface area contributed by atoms with E-state index in [0.717, 1.165) is 19.3 Å². The number of aliphatic hydroxyl groups excluding tert-OH is 2. The van der Waals surface area contributed by atoms with Crippen LogP contribution in [0.2, 0.25) is 0 Å². The van der Waals surface area contributed by atoms with E-state index < -0.39 is 0 Å². The third-order valence-corrected chi connectivity index (χ3v) is 2.03. The quantitative estimate of drug-likeness (QED) is 0.560. The molecule has 1 fully saturated rings. The van der Waals surface area contributed by atoms with E-state index in [9.17, 15) is 10.2 Å². The Labute approximate surface area is 67.6 Å². The summed E-state index contributed by atoms with van der Waals surface area (Å²) in [5.41, 5.74) is 1.21. The van der Waals surface area contributed by atoms with Crippen LogP contribution in [0.5, 0.6) is 0 Å². The molecule has 1 rings (SSSR count). The van der Waals surface area contributed by atoms with Gasteiger partial charge < -0.3 is 10.2 Å². The molecule has 0 radical (unpaired) electrons. The van der Waals surface area contributed by atoms with Crippen molar-refractivity contribution < 1.29 is 10.2 Å². The van der Waals surface area contributed by atoms with Gasteiger partial charge in [0.1, 0.15) is 0 Å². The van der Waals surface area contributed by atoms with Gasteiger partial charge in [-0.3, -0.25) is 0 Å². The molecule has 2 N–H and O–H groups in total. The molecule has 0 saturated heterocycles. The zero-order chi connectivity index (χ0) is 8.27. The normalized spacial score (nSPS) is 36.1. The molecule has 2 nitrogen and oxygen atoms in total. The second kappa shape index (κ2) is 3.88. The van der Waals surface area contributed by atoms with Crippen LogP contribution in [-0.2, 0) is 0 Å². The zero-order valence-corrected chi connectivity index (χ0v) is 6.95. The van der Waals surface area contributed by atoms with Crippen molar-refractivity contribution in [3.63, 3.8) is 0 Å². The van der Waals surface area contributed by atoms with Gasteiger partial charge in [-0.25, -0.2) is 0 Å². The van der Waals surface area contributed by atoms with Gasteiger partial charge in [-0.15, -0.1) is 0 Å². The van der Waals surface area contributed by atoms with Crippen molar-refractivity contribution in [3.05, 3.63) is 11.6 Å². The molecule has 0 heterocycles. The summed E-state index contributed by atoms with van der Waals surface area (Å²) >= 11 is 0. The van der Waals surface area contributed by atoms with Gasteiger partial charge in [0, 0.05) is 0 Å². The Hall–Kier alpha value is -0.340. The summed E-state index contributed by atoms with van der Waals surface area (Å²) < 4.78 is 0.